The summed E-state index contributed by atoms with van der Waals surface area (Å²) in [4.78, 5) is 15.4. The fourth-order valence-electron chi connectivity index (χ4n) is 2.19. The van der Waals surface area contributed by atoms with Crippen molar-refractivity contribution < 1.29 is 14.1 Å². The second kappa shape index (κ2) is 5.30. The Labute approximate surface area is 121 Å². The molecule has 2 rings (SSSR count). The molecule has 5 heteroatoms. The van der Waals surface area contributed by atoms with Crippen LogP contribution in [0.5, 0.6) is 0 Å². The Morgan fingerprint density at radius 1 is 1.25 bits per heavy atom. The lowest BCUT2D eigenvalue weighted by molar-refractivity contribution is 0.00578. The molecule has 1 aliphatic rings. The van der Waals surface area contributed by atoms with Gasteiger partial charge in [0.1, 0.15) is 5.69 Å². The Morgan fingerprint density at radius 2 is 1.85 bits per heavy atom. The van der Waals surface area contributed by atoms with Crippen molar-refractivity contribution in [2.45, 2.75) is 58.6 Å². The lowest BCUT2D eigenvalue weighted by Gasteiger charge is -2.32. The molecule has 0 spiro atoms. The zero-order valence-corrected chi connectivity index (χ0v) is 12.9. The van der Waals surface area contributed by atoms with Crippen molar-refractivity contribution in [1.82, 2.24) is 4.98 Å². The number of carbonyl (C=O) groups is 1. The predicted octanol–water partition coefficient (Wildman–Crippen LogP) is 2.92. The summed E-state index contributed by atoms with van der Waals surface area (Å²) < 4.78 is 11.9. The first kappa shape index (κ1) is 15.2. The summed E-state index contributed by atoms with van der Waals surface area (Å²) in [6.07, 6.45) is 3.25. The van der Waals surface area contributed by atoms with Crippen molar-refractivity contribution in [1.29, 1.82) is 0 Å². The number of hydrogen-bond donors (Lipinski definition) is 0. The molecule has 1 aromatic rings. The van der Waals surface area contributed by atoms with Gasteiger partial charge in [-0.3, -0.25) is 9.78 Å². The molecule has 0 saturated carbocycles. The minimum Gasteiger partial charge on any atom is -0.403 e. The first-order valence-corrected chi connectivity index (χ1v) is 7.03. The van der Waals surface area contributed by atoms with Crippen LogP contribution in [0.15, 0.2) is 18.3 Å². The molecule has 108 valence electrons. The smallest absolute Gasteiger partial charge is 0.403 e. The molecule has 1 saturated heterocycles. The average Bonchev–Trinajstić information content (AvgIpc) is 2.56. The van der Waals surface area contributed by atoms with Gasteiger partial charge in [0, 0.05) is 13.1 Å². The summed E-state index contributed by atoms with van der Waals surface area (Å²) in [6.45, 7) is 9.72. The maximum atomic E-state index is 11.3. The molecule has 4 nitrogen and oxygen atoms in total. The summed E-state index contributed by atoms with van der Waals surface area (Å²) in [7, 11) is -0.200. The predicted molar refractivity (Wildman–Crippen MR) is 78.8 cm³/mol. The molecule has 0 atom stereocenters. The number of rotatable bonds is 4. The van der Waals surface area contributed by atoms with Crippen LogP contribution >= 0.6 is 0 Å². The van der Waals surface area contributed by atoms with E-state index in [1.54, 1.807) is 6.20 Å². The summed E-state index contributed by atoms with van der Waals surface area (Å²) >= 11 is 0. The number of Topliss-reactive ketones (excluding diaryl/α,β-unsaturated/α-hetero) is 1. The van der Waals surface area contributed by atoms with E-state index in [1.807, 2.05) is 39.8 Å². The van der Waals surface area contributed by atoms with E-state index in [0.717, 1.165) is 18.3 Å². The highest BCUT2D eigenvalue weighted by atomic mass is 16.7. The first-order chi connectivity index (χ1) is 9.21. The van der Waals surface area contributed by atoms with Crippen LogP contribution in [-0.2, 0) is 15.7 Å². The zero-order valence-electron chi connectivity index (χ0n) is 12.9. The topological polar surface area (TPSA) is 48.4 Å². The molecule has 0 aliphatic carbocycles. The average molecular weight is 275 g/mol. The molecule has 1 aliphatic heterocycles. The highest BCUT2D eigenvalue weighted by Gasteiger charge is 2.50. The third-order valence-corrected chi connectivity index (χ3v) is 4.16. The van der Waals surface area contributed by atoms with Gasteiger partial charge in [-0.25, -0.2) is 0 Å². The maximum absolute atomic E-state index is 11.3. The standard InChI is InChI=1S/C15H22BNO3/c1-11(18)13-10-12(7-9-17-13)6-8-16-19-14(2,3)15(4,5)20-16/h7,9-10H,6,8H2,1-5H3. The quantitative estimate of drug-likeness (QED) is 0.626. The maximum Gasteiger partial charge on any atom is 0.458 e. The molecular weight excluding hydrogens is 253 g/mol. The molecule has 0 amide bonds. The lowest BCUT2D eigenvalue weighted by Crippen LogP contribution is -2.41. The van der Waals surface area contributed by atoms with Crippen molar-refractivity contribution in [3.8, 4) is 0 Å². The zero-order chi connectivity index (χ0) is 15.0. The Balaban J connectivity index is 1.97. The van der Waals surface area contributed by atoms with Crippen LogP contribution in [0.3, 0.4) is 0 Å². The SMILES string of the molecule is CC(=O)c1cc(CCB2OC(C)(C)C(C)(C)O2)ccn1. The van der Waals surface area contributed by atoms with Gasteiger partial charge in [0.15, 0.2) is 5.78 Å². The summed E-state index contributed by atoms with van der Waals surface area (Å²) in [5, 5.41) is 0. The number of ketones is 1. The van der Waals surface area contributed by atoms with E-state index in [-0.39, 0.29) is 24.1 Å². The third-order valence-electron chi connectivity index (χ3n) is 4.16. The third kappa shape index (κ3) is 3.10. The number of pyridine rings is 1. The minimum atomic E-state index is -0.291. The van der Waals surface area contributed by atoms with Crippen LogP contribution in [-0.4, -0.2) is 29.1 Å². The molecule has 0 bridgehead atoms. The summed E-state index contributed by atoms with van der Waals surface area (Å²) in [5.74, 6) is -0.0116. The van der Waals surface area contributed by atoms with E-state index in [2.05, 4.69) is 4.98 Å². The van der Waals surface area contributed by atoms with Crippen molar-refractivity contribution >= 4 is 12.9 Å². The van der Waals surface area contributed by atoms with Crippen molar-refractivity contribution in [2.75, 3.05) is 0 Å². The second-order valence-corrected chi connectivity index (χ2v) is 6.33. The van der Waals surface area contributed by atoms with Gasteiger partial charge in [-0.15, -0.1) is 0 Å². The van der Waals surface area contributed by atoms with Crippen LogP contribution in [0, 0.1) is 0 Å². The monoisotopic (exact) mass is 275 g/mol. The van der Waals surface area contributed by atoms with Gasteiger partial charge in [0.2, 0.25) is 0 Å². The van der Waals surface area contributed by atoms with E-state index >= 15 is 0 Å². The van der Waals surface area contributed by atoms with Crippen LogP contribution in [0.1, 0.15) is 50.7 Å². The van der Waals surface area contributed by atoms with Crippen molar-refractivity contribution in [3.63, 3.8) is 0 Å². The first-order valence-electron chi connectivity index (χ1n) is 7.03. The fraction of sp³-hybridized carbons (Fsp3) is 0.600. The van der Waals surface area contributed by atoms with E-state index in [0.29, 0.717) is 5.69 Å². The molecule has 1 fully saturated rings. The number of carbonyl (C=O) groups excluding carboxylic acids is 1. The highest BCUT2D eigenvalue weighted by molar-refractivity contribution is 6.45. The van der Waals surface area contributed by atoms with Gasteiger partial charge in [-0.1, -0.05) is 0 Å². The Morgan fingerprint density at radius 3 is 2.40 bits per heavy atom. The van der Waals surface area contributed by atoms with Gasteiger partial charge in [0.25, 0.3) is 0 Å². The van der Waals surface area contributed by atoms with E-state index in [9.17, 15) is 4.79 Å². The molecule has 2 heterocycles. The van der Waals surface area contributed by atoms with Crippen molar-refractivity contribution in [2.24, 2.45) is 0 Å². The van der Waals surface area contributed by atoms with Gasteiger partial charge >= 0.3 is 7.12 Å². The van der Waals surface area contributed by atoms with E-state index < -0.39 is 0 Å². The fourth-order valence-corrected chi connectivity index (χ4v) is 2.19. The molecule has 0 N–H and O–H groups in total. The summed E-state index contributed by atoms with van der Waals surface area (Å²) in [5.41, 5.74) is 1.01. The van der Waals surface area contributed by atoms with E-state index in [4.69, 9.17) is 9.31 Å². The number of nitrogens with zero attached hydrogens (tertiary/aromatic N) is 1. The highest BCUT2D eigenvalue weighted by Crippen LogP contribution is 2.37. The Hall–Kier alpha value is -1.20. The normalized spacial score (nSPS) is 20.1. The van der Waals surface area contributed by atoms with Gasteiger partial charge < -0.3 is 9.31 Å². The van der Waals surface area contributed by atoms with Gasteiger partial charge in [-0.2, -0.15) is 0 Å². The van der Waals surface area contributed by atoms with Crippen LogP contribution < -0.4 is 0 Å². The lowest BCUT2D eigenvalue weighted by atomic mass is 9.81. The Bertz CT molecular complexity index is 498. The molecular formula is C15H22BNO3. The number of aromatic nitrogens is 1. The summed E-state index contributed by atoms with van der Waals surface area (Å²) in [6, 6.07) is 3.77. The van der Waals surface area contributed by atoms with Crippen LogP contribution in [0.2, 0.25) is 6.32 Å². The molecule has 0 aromatic carbocycles. The Kier molecular flexibility index (Phi) is 4.03. The molecule has 1 aromatic heterocycles. The molecule has 0 unspecified atom stereocenters. The molecule has 0 radical (unpaired) electrons. The van der Waals surface area contributed by atoms with Crippen LogP contribution in [0.4, 0.5) is 0 Å². The number of hydrogen-bond acceptors (Lipinski definition) is 4. The van der Waals surface area contributed by atoms with Crippen molar-refractivity contribution in [3.05, 3.63) is 29.6 Å². The van der Waals surface area contributed by atoms with Crippen LogP contribution in [0.25, 0.3) is 0 Å². The van der Waals surface area contributed by atoms with Gasteiger partial charge in [-0.05, 0) is 58.1 Å². The second-order valence-electron chi connectivity index (χ2n) is 6.33. The largest absolute Gasteiger partial charge is 0.458 e. The molecule has 20 heavy (non-hydrogen) atoms. The van der Waals surface area contributed by atoms with Gasteiger partial charge in [0.05, 0.1) is 11.2 Å². The number of aryl methyl sites for hydroxylation is 1. The minimum absolute atomic E-state index is 0.0116. The van der Waals surface area contributed by atoms with E-state index in [1.165, 1.54) is 6.92 Å².